The number of fused-ring (bicyclic) bond motifs is 1. The van der Waals surface area contributed by atoms with Crippen molar-refractivity contribution in [1.29, 1.82) is 0 Å². The van der Waals surface area contributed by atoms with Crippen molar-refractivity contribution in [3.63, 3.8) is 0 Å². The van der Waals surface area contributed by atoms with Gasteiger partial charge in [-0.25, -0.2) is 4.79 Å². The molecule has 0 saturated carbocycles. The van der Waals surface area contributed by atoms with Crippen molar-refractivity contribution in [2.75, 3.05) is 13.7 Å². The molecule has 0 aromatic heterocycles. The first-order valence-electron chi connectivity index (χ1n) is 4.31. The van der Waals surface area contributed by atoms with Crippen LogP contribution in [0.15, 0.2) is 0 Å². The smallest absolute Gasteiger partial charge is 0.412 e. The third kappa shape index (κ3) is 1.06. The van der Waals surface area contributed by atoms with E-state index in [1.807, 2.05) is 0 Å². The van der Waals surface area contributed by atoms with E-state index in [0.717, 1.165) is 19.3 Å². The lowest BCUT2D eigenvalue weighted by molar-refractivity contribution is -0.0418. The maximum absolute atomic E-state index is 11.2. The van der Waals surface area contributed by atoms with E-state index in [-0.39, 0.29) is 18.4 Å². The first-order valence-corrected chi connectivity index (χ1v) is 4.31. The van der Waals surface area contributed by atoms with Gasteiger partial charge in [-0.3, -0.25) is 4.90 Å². The van der Waals surface area contributed by atoms with Gasteiger partial charge in [-0.15, -0.1) is 0 Å². The fourth-order valence-corrected chi connectivity index (χ4v) is 1.95. The minimum absolute atomic E-state index is 0.0567. The second-order valence-electron chi connectivity index (χ2n) is 3.26. The van der Waals surface area contributed by atoms with E-state index in [0.29, 0.717) is 6.61 Å². The molecule has 0 spiro atoms. The number of rotatable bonds is 1. The number of hydrogen-bond donors (Lipinski definition) is 0. The third-order valence-electron chi connectivity index (χ3n) is 2.57. The molecule has 4 nitrogen and oxygen atoms in total. The third-order valence-corrected chi connectivity index (χ3v) is 2.57. The Morgan fingerprint density at radius 1 is 1.58 bits per heavy atom. The Morgan fingerprint density at radius 3 is 3.17 bits per heavy atom. The van der Waals surface area contributed by atoms with Crippen LogP contribution in [0.1, 0.15) is 19.3 Å². The molecule has 2 fully saturated rings. The molecule has 2 heterocycles. The predicted octanol–water partition coefficient (Wildman–Crippen LogP) is 0.964. The zero-order valence-corrected chi connectivity index (χ0v) is 7.16. The number of nitrogens with zero attached hydrogens (tertiary/aromatic N) is 1. The van der Waals surface area contributed by atoms with Crippen LogP contribution < -0.4 is 0 Å². The van der Waals surface area contributed by atoms with Gasteiger partial charge in [-0.1, -0.05) is 0 Å². The van der Waals surface area contributed by atoms with Gasteiger partial charge in [0.2, 0.25) is 0 Å². The van der Waals surface area contributed by atoms with E-state index in [1.54, 1.807) is 12.0 Å². The summed E-state index contributed by atoms with van der Waals surface area (Å²) in [4.78, 5) is 12.9. The molecule has 0 aromatic rings. The van der Waals surface area contributed by atoms with Crippen LogP contribution in [-0.2, 0) is 9.47 Å². The van der Waals surface area contributed by atoms with Gasteiger partial charge < -0.3 is 9.47 Å². The minimum Gasteiger partial charge on any atom is -0.447 e. The number of methoxy groups -OCH3 is 1. The molecule has 2 aliphatic heterocycles. The Labute approximate surface area is 71.4 Å². The van der Waals surface area contributed by atoms with Crippen LogP contribution in [0.3, 0.4) is 0 Å². The van der Waals surface area contributed by atoms with Crippen molar-refractivity contribution >= 4 is 6.09 Å². The van der Waals surface area contributed by atoms with E-state index in [9.17, 15) is 4.79 Å². The van der Waals surface area contributed by atoms with Crippen LogP contribution in [0.25, 0.3) is 0 Å². The molecule has 2 saturated heterocycles. The summed E-state index contributed by atoms with van der Waals surface area (Å²) in [5, 5.41) is 0. The molecule has 68 valence electrons. The monoisotopic (exact) mass is 171 g/mol. The van der Waals surface area contributed by atoms with Gasteiger partial charge in [0, 0.05) is 7.11 Å². The highest BCUT2D eigenvalue weighted by Gasteiger charge is 2.40. The number of piperidine rings is 1. The highest BCUT2D eigenvalue weighted by atomic mass is 16.6. The van der Waals surface area contributed by atoms with Gasteiger partial charge in [0.1, 0.15) is 12.8 Å². The Bertz CT molecular complexity index is 195. The highest BCUT2D eigenvalue weighted by molar-refractivity contribution is 5.70. The fourth-order valence-electron chi connectivity index (χ4n) is 1.95. The zero-order chi connectivity index (χ0) is 8.55. The molecular formula is C8H13NO3. The molecule has 2 atom stereocenters. The van der Waals surface area contributed by atoms with E-state index in [2.05, 4.69) is 0 Å². The number of carbonyl (C=O) groups is 1. The lowest BCUT2D eigenvalue weighted by Gasteiger charge is -2.33. The van der Waals surface area contributed by atoms with Crippen molar-refractivity contribution in [2.24, 2.45) is 0 Å². The summed E-state index contributed by atoms with van der Waals surface area (Å²) in [6, 6.07) is 0.260. The number of carbonyl (C=O) groups excluding carboxylic acids is 1. The molecule has 0 bridgehead atoms. The normalized spacial score (nSPS) is 34.8. The summed E-state index contributed by atoms with van der Waals surface area (Å²) >= 11 is 0. The predicted molar refractivity (Wildman–Crippen MR) is 41.6 cm³/mol. The standard InChI is InChI=1S/C8H13NO3/c1-11-7-4-2-3-6-5-12-8(10)9(6)7/h6-7H,2-5H2,1H3. The van der Waals surface area contributed by atoms with Crippen LogP contribution >= 0.6 is 0 Å². The van der Waals surface area contributed by atoms with Gasteiger partial charge in [0.05, 0.1) is 6.04 Å². The quantitative estimate of drug-likeness (QED) is 0.590. The average molecular weight is 171 g/mol. The first-order chi connectivity index (χ1) is 5.83. The molecule has 2 unspecified atom stereocenters. The maximum atomic E-state index is 11.2. The zero-order valence-electron chi connectivity index (χ0n) is 7.16. The number of ether oxygens (including phenoxy) is 2. The van der Waals surface area contributed by atoms with Crippen molar-refractivity contribution < 1.29 is 14.3 Å². The Kier molecular flexibility index (Phi) is 1.92. The number of cyclic esters (lactones) is 1. The van der Waals surface area contributed by atoms with Crippen LogP contribution in [-0.4, -0.2) is 37.0 Å². The highest BCUT2D eigenvalue weighted by Crippen LogP contribution is 2.28. The summed E-state index contributed by atoms with van der Waals surface area (Å²) < 4.78 is 10.1. The van der Waals surface area contributed by atoms with Gasteiger partial charge in [-0.05, 0) is 19.3 Å². The molecule has 0 aliphatic carbocycles. The van der Waals surface area contributed by atoms with Gasteiger partial charge >= 0.3 is 6.09 Å². The van der Waals surface area contributed by atoms with Gasteiger partial charge in [0.25, 0.3) is 0 Å². The van der Waals surface area contributed by atoms with Gasteiger partial charge in [-0.2, -0.15) is 0 Å². The largest absolute Gasteiger partial charge is 0.447 e. The van der Waals surface area contributed by atoms with Crippen molar-refractivity contribution in [3.05, 3.63) is 0 Å². The molecule has 4 heteroatoms. The van der Waals surface area contributed by atoms with E-state index >= 15 is 0 Å². The molecular weight excluding hydrogens is 158 g/mol. The molecule has 0 N–H and O–H groups in total. The Hall–Kier alpha value is -0.770. The van der Waals surface area contributed by atoms with Crippen LogP contribution in [0.2, 0.25) is 0 Å². The topological polar surface area (TPSA) is 38.8 Å². The first kappa shape index (κ1) is 7.86. The minimum atomic E-state index is -0.216. The van der Waals surface area contributed by atoms with Crippen LogP contribution in [0, 0.1) is 0 Å². The molecule has 0 aromatic carbocycles. The molecule has 12 heavy (non-hydrogen) atoms. The number of hydrogen-bond acceptors (Lipinski definition) is 3. The number of amides is 1. The molecule has 0 radical (unpaired) electrons. The van der Waals surface area contributed by atoms with Gasteiger partial charge in [0.15, 0.2) is 0 Å². The van der Waals surface area contributed by atoms with Crippen molar-refractivity contribution in [2.45, 2.75) is 31.5 Å². The molecule has 2 aliphatic rings. The lowest BCUT2D eigenvalue weighted by atomic mass is 10.0. The van der Waals surface area contributed by atoms with E-state index in [4.69, 9.17) is 9.47 Å². The summed E-state index contributed by atoms with van der Waals surface area (Å²) in [5.74, 6) is 0. The average Bonchev–Trinajstić information content (AvgIpc) is 2.48. The summed E-state index contributed by atoms with van der Waals surface area (Å²) in [6.07, 6.45) is 2.83. The summed E-state index contributed by atoms with van der Waals surface area (Å²) in [6.45, 7) is 0.540. The van der Waals surface area contributed by atoms with E-state index in [1.165, 1.54) is 0 Å². The summed E-state index contributed by atoms with van der Waals surface area (Å²) in [5.41, 5.74) is 0. The van der Waals surface area contributed by atoms with Crippen LogP contribution in [0.4, 0.5) is 4.79 Å². The second kappa shape index (κ2) is 2.94. The lowest BCUT2D eigenvalue weighted by Crippen LogP contribution is -2.46. The second-order valence-corrected chi connectivity index (χ2v) is 3.26. The SMILES string of the molecule is COC1CCCC2COC(=O)N21. The summed E-state index contributed by atoms with van der Waals surface area (Å²) in [7, 11) is 1.64. The van der Waals surface area contributed by atoms with Crippen LogP contribution in [0.5, 0.6) is 0 Å². The fraction of sp³-hybridized carbons (Fsp3) is 0.875. The van der Waals surface area contributed by atoms with E-state index < -0.39 is 0 Å². The van der Waals surface area contributed by atoms with Crippen molar-refractivity contribution in [3.8, 4) is 0 Å². The van der Waals surface area contributed by atoms with Crippen molar-refractivity contribution in [1.82, 2.24) is 4.90 Å². The molecule has 2 rings (SSSR count). The molecule has 1 amide bonds. The Morgan fingerprint density at radius 2 is 2.42 bits per heavy atom. The Balaban J connectivity index is 2.12. The maximum Gasteiger partial charge on any atom is 0.412 e.